The summed E-state index contributed by atoms with van der Waals surface area (Å²) in [7, 11) is 0. The van der Waals surface area contributed by atoms with E-state index in [2.05, 4.69) is 20.9 Å². The topological polar surface area (TPSA) is 79.1 Å². The van der Waals surface area contributed by atoms with Crippen molar-refractivity contribution < 1.29 is 19.0 Å². The molecule has 0 radical (unpaired) electrons. The lowest BCUT2D eigenvalue weighted by Gasteiger charge is -2.25. The number of fused-ring (bicyclic) bond motifs is 1. The second-order valence-corrected chi connectivity index (χ2v) is 12.4. The van der Waals surface area contributed by atoms with Gasteiger partial charge in [0.15, 0.2) is 4.80 Å². The average molecular weight is 682 g/mol. The predicted molar refractivity (Wildman–Crippen MR) is 173 cm³/mol. The summed E-state index contributed by atoms with van der Waals surface area (Å²) in [4.78, 5) is 32.4. The average Bonchev–Trinajstić information content (AvgIpc) is 3.26. The molecule has 0 amide bonds. The number of rotatable bonds is 9. The van der Waals surface area contributed by atoms with Crippen LogP contribution >= 0.6 is 38.9 Å². The first-order valence-electron chi connectivity index (χ1n) is 13.8. The van der Waals surface area contributed by atoms with E-state index in [1.54, 1.807) is 25.3 Å². The molecule has 0 fully saturated rings. The van der Waals surface area contributed by atoms with Crippen LogP contribution in [-0.4, -0.2) is 23.2 Å². The fourth-order valence-corrected chi connectivity index (χ4v) is 6.48. The first-order valence-corrected chi connectivity index (χ1v) is 15.8. The molecule has 2 heterocycles. The van der Waals surface area contributed by atoms with E-state index in [4.69, 9.17) is 25.8 Å². The Hall–Kier alpha value is -3.66. The van der Waals surface area contributed by atoms with Crippen molar-refractivity contribution in [2.45, 2.75) is 46.4 Å². The number of benzene rings is 3. The van der Waals surface area contributed by atoms with Gasteiger partial charge in [-0.1, -0.05) is 59.3 Å². The maximum absolute atomic E-state index is 13.9. The fraction of sp³-hybridized carbons (Fsp3) is 0.242. The number of hydrogen-bond acceptors (Lipinski definition) is 7. The van der Waals surface area contributed by atoms with E-state index < -0.39 is 12.0 Å². The molecule has 5 rings (SSSR count). The minimum Gasteiger partial charge on any atom is -0.494 e. The third-order valence-corrected chi connectivity index (χ3v) is 8.66. The van der Waals surface area contributed by atoms with Crippen molar-refractivity contribution >= 4 is 50.9 Å². The van der Waals surface area contributed by atoms with Gasteiger partial charge in [0.1, 0.15) is 18.1 Å². The molecule has 4 aromatic rings. The molecular weight excluding hydrogens is 652 g/mol. The second kappa shape index (κ2) is 13.3. The number of ether oxygens (including phenoxy) is 3. The predicted octanol–water partition coefficient (Wildman–Crippen LogP) is 6.58. The van der Waals surface area contributed by atoms with Crippen molar-refractivity contribution in [1.29, 1.82) is 0 Å². The highest BCUT2D eigenvalue weighted by Gasteiger charge is 2.33. The molecule has 0 saturated heterocycles. The van der Waals surface area contributed by atoms with Gasteiger partial charge in [-0.15, -0.1) is 0 Å². The van der Waals surface area contributed by atoms with E-state index >= 15 is 0 Å². The first kappa shape index (κ1) is 30.8. The van der Waals surface area contributed by atoms with Crippen LogP contribution in [0.4, 0.5) is 0 Å². The van der Waals surface area contributed by atoms with Gasteiger partial charge in [-0.05, 0) is 91.2 Å². The number of aromatic nitrogens is 1. The van der Waals surface area contributed by atoms with Gasteiger partial charge in [-0.3, -0.25) is 9.36 Å². The van der Waals surface area contributed by atoms with Crippen molar-refractivity contribution in [1.82, 2.24) is 4.57 Å². The highest BCUT2D eigenvalue weighted by atomic mass is 79.9. The Kier molecular flexibility index (Phi) is 9.54. The van der Waals surface area contributed by atoms with Gasteiger partial charge in [0.25, 0.3) is 5.56 Å². The van der Waals surface area contributed by atoms with Crippen LogP contribution in [0.25, 0.3) is 6.08 Å². The van der Waals surface area contributed by atoms with Crippen molar-refractivity contribution in [3.63, 3.8) is 0 Å². The molecule has 0 spiro atoms. The van der Waals surface area contributed by atoms with E-state index in [0.29, 0.717) is 50.3 Å². The minimum absolute atomic E-state index is 0.250. The summed E-state index contributed by atoms with van der Waals surface area (Å²) in [6.45, 7) is 8.12. The molecule has 43 heavy (non-hydrogen) atoms. The van der Waals surface area contributed by atoms with E-state index in [0.717, 1.165) is 21.2 Å². The number of nitrogens with zero attached hydrogens (tertiary/aromatic N) is 2. The van der Waals surface area contributed by atoms with Crippen LogP contribution < -0.4 is 24.4 Å². The van der Waals surface area contributed by atoms with Crippen molar-refractivity contribution in [3.8, 4) is 11.5 Å². The Labute approximate surface area is 266 Å². The lowest BCUT2D eigenvalue weighted by molar-refractivity contribution is -0.143. The number of hydrogen-bond donors (Lipinski definition) is 0. The van der Waals surface area contributed by atoms with Crippen LogP contribution in [0.15, 0.2) is 92.3 Å². The normalized spacial score (nSPS) is 14.9. The second-order valence-electron chi connectivity index (χ2n) is 10.1. The Morgan fingerprint density at radius 3 is 2.53 bits per heavy atom. The molecule has 0 unspecified atom stereocenters. The summed E-state index contributed by atoms with van der Waals surface area (Å²) < 4.78 is 20.0. The maximum Gasteiger partial charge on any atom is 0.338 e. The number of halogens is 2. The van der Waals surface area contributed by atoms with Gasteiger partial charge in [0.2, 0.25) is 0 Å². The number of thiazole rings is 1. The summed E-state index contributed by atoms with van der Waals surface area (Å²) >= 11 is 11.1. The number of carbonyl (C=O) groups is 1. The van der Waals surface area contributed by atoms with Crippen LogP contribution in [0.5, 0.6) is 11.5 Å². The lowest BCUT2D eigenvalue weighted by atomic mass is 9.96. The van der Waals surface area contributed by atoms with Crippen LogP contribution in [0.2, 0.25) is 5.02 Å². The molecule has 222 valence electrons. The molecule has 1 aliphatic rings. The summed E-state index contributed by atoms with van der Waals surface area (Å²) in [6.07, 6.45) is 1.49. The summed E-state index contributed by atoms with van der Waals surface area (Å²) in [5, 5.41) is 0.644. The van der Waals surface area contributed by atoms with E-state index in [-0.39, 0.29) is 11.7 Å². The van der Waals surface area contributed by atoms with Gasteiger partial charge in [-0.2, -0.15) is 0 Å². The van der Waals surface area contributed by atoms with E-state index in [1.165, 1.54) is 11.3 Å². The van der Waals surface area contributed by atoms with Gasteiger partial charge in [0, 0.05) is 10.6 Å². The van der Waals surface area contributed by atoms with Crippen molar-refractivity contribution in [2.75, 3.05) is 6.61 Å². The lowest BCUT2D eigenvalue weighted by Crippen LogP contribution is -2.40. The summed E-state index contributed by atoms with van der Waals surface area (Å²) in [6, 6.07) is 19.9. The fourth-order valence-electron chi connectivity index (χ4n) is 4.73. The van der Waals surface area contributed by atoms with Crippen molar-refractivity contribution in [2.24, 2.45) is 4.99 Å². The number of carbonyl (C=O) groups excluding carboxylic acids is 1. The van der Waals surface area contributed by atoms with Crippen LogP contribution in [-0.2, 0) is 16.1 Å². The Morgan fingerprint density at radius 1 is 1.12 bits per heavy atom. The molecule has 1 aliphatic heterocycles. The zero-order valence-corrected chi connectivity index (χ0v) is 27.3. The highest BCUT2D eigenvalue weighted by molar-refractivity contribution is 9.10. The third-order valence-electron chi connectivity index (χ3n) is 6.69. The largest absolute Gasteiger partial charge is 0.494 e. The van der Waals surface area contributed by atoms with Gasteiger partial charge >= 0.3 is 5.97 Å². The SMILES string of the molecule is CCOc1ccc([C@@H]2C(C(=O)OC(C)C)=C(C)N=c3s/c(=C/c4ccc(OCc5ccccc5Cl)c(Br)c4)c(=O)n32)cc1. The molecule has 7 nitrogen and oxygen atoms in total. The Balaban J connectivity index is 1.53. The standard InChI is InChI=1S/C33H30BrClN2O5S/c1-5-40-24-13-11-22(12-14-24)30-29(32(39)42-19(2)3)20(4)36-33-37(30)31(38)28(43-33)17-21-10-15-27(25(34)16-21)41-18-23-8-6-7-9-26(23)35/h6-17,19,30H,5,18H2,1-4H3/b28-17+/t30-/m1/s1. The Bertz CT molecular complexity index is 1880. The van der Waals surface area contributed by atoms with Gasteiger partial charge < -0.3 is 14.2 Å². The van der Waals surface area contributed by atoms with E-state index in [9.17, 15) is 9.59 Å². The molecular formula is C33H30BrClN2O5S. The monoisotopic (exact) mass is 680 g/mol. The zero-order valence-electron chi connectivity index (χ0n) is 24.1. The zero-order chi connectivity index (χ0) is 30.7. The van der Waals surface area contributed by atoms with Crippen LogP contribution in [0, 0.1) is 0 Å². The summed E-state index contributed by atoms with van der Waals surface area (Å²) in [5.74, 6) is 0.856. The minimum atomic E-state index is -0.701. The maximum atomic E-state index is 13.9. The highest BCUT2D eigenvalue weighted by Crippen LogP contribution is 2.32. The molecule has 10 heteroatoms. The molecule has 1 aromatic heterocycles. The molecule has 3 aromatic carbocycles. The van der Waals surface area contributed by atoms with Crippen LogP contribution in [0.1, 0.15) is 50.4 Å². The first-order chi connectivity index (χ1) is 20.7. The van der Waals surface area contributed by atoms with Gasteiger partial charge in [-0.25, -0.2) is 9.79 Å². The third kappa shape index (κ3) is 6.79. The summed E-state index contributed by atoms with van der Waals surface area (Å²) in [5.41, 5.74) is 3.04. The smallest absolute Gasteiger partial charge is 0.338 e. The molecule has 0 aliphatic carbocycles. The molecule has 1 atom stereocenters. The van der Waals surface area contributed by atoms with Crippen molar-refractivity contribution in [3.05, 3.63) is 124 Å². The quantitative estimate of drug-likeness (QED) is 0.187. The number of esters is 1. The van der Waals surface area contributed by atoms with E-state index in [1.807, 2.05) is 79.7 Å². The molecule has 0 bridgehead atoms. The van der Waals surface area contributed by atoms with Crippen LogP contribution in [0.3, 0.4) is 0 Å². The van der Waals surface area contributed by atoms with Gasteiger partial charge in [0.05, 0.1) is 39.0 Å². The number of allylic oxidation sites excluding steroid dienone is 1. The molecule has 0 saturated carbocycles. The molecule has 0 N–H and O–H groups in total. The Morgan fingerprint density at radius 2 is 1.86 bits per heavy atom.